The fraction of sp³-hybridized carbons (Fsp3) is 1.00. The lowest BCUT2D eigenvalue weighted by Crippen LogP contribution is -2.12. The predicted molar refractivity (Wildman–Crippen MR) is 33.8 cm³/mol. The summed E-state index contributed by atoms with van der Waals surface area (Å²) in [7, 11) is 1.81. The molecule has 0 radical (unpaired) electrons. The number of hydrogen-bond donors (Lipinski definition) is 0. The van der Waals surface area contributed by atoms with Crippen LogP contribution in [0.4, 0.5) is 0 Å². The summed E-state index contributed by atoms with van der Waals surface area (Å²) < 4.78 is 5.22. The maximum Gasteiger partial charge on any atom is 0.0596 e. The third-order valence-electron chi connectivity index (χ3n) is 2.09. The minimum absolute atomic E-state index is 0.565. The van der Waals surface area contributed by atoms with Crippen LogP contribution < -0.4 is 0 Å². The van der Waals surface area contributed by atoms with Gasteiger partial charge in [-0.05, 0) is 18.8 Å². The Kier molecular flexibility index (Phi) is 1.90. The van der Waals surface area contributed by atoms with Gasteiger partial charge < -0.3 is 4.74 Å². The minimum atomic E-state index is 0.565. The molecule has 0 aromatic rings. The Hall–Kier alpha value is -0.0400. The molecule has 2 atom stereocenters. The molecular formula is C7H14O. The van der Waals surface area contributed by atoms with Crippen molar-refractivity contribution in [1.82, 2.24) is 0 Å². The molecule has 8 heavy (non-hydrogen) atoms. The first-order valence-electron chi connectivity index (χ1n) is 3.37. The van der Waals surface area contributed by atoms with Crippen molar-refractivity contribution in [3.63, 3.8) is 0 Å². The van der Waals surface area contributed by atoms with Gasteiger partial charge in [-0.25, -0.2) is 0 Å². The normalized spacial score (nSPS) is 38.2. The summed E-state index contributed by atoms with van der Waals surface area (Å²) in [5, 5.41) is 0. The fourth-order valence-electron chi connectivity index (χ4n) is 1.46. The van der Waals surface area contributed by atoms with Crippen LogP contribution in [0.1, 0.15) is 26.2 Å². The van der Waals surface area contributed by atoms with Crippen molar-refractivity contribution in [2.24, 2.45) is 5.92 Å². The summed E-state index contributed by atoms with van der Waals surface area (Å²) in [4.78, 5) is 0. The Labute approximate surface area is 51.0 Å². The topological polar surface area (TPSA) is 9.23 Å². The van der Waals surface area contributed by atoms with Gasteiger partial charge in [0.1, 0.15) is 0 Å². The molecule has 0 aliphatic heterocycles. The van der Waals surface area contributed by atoms with E-state index in [2.05, 4.69) is 6.92 Å². The van der Waals surface area contributed by atoms with Crippen molar-refractivity contribution in [3.8, 4) is 0 Å². The van der Waals surface area contributed by atoms with Gasteiger partial charge in [0, 0.05) is 7.11 Å². The highest BCUT2D eigenvalue weighted by atomic mass is 16.5. The van der Waals surface area contributed by atoms with Gasteiger partial charge in [0.25, 0.3) is 0 Å². The van der Waals surface area contributed by atoms with Gasteiger partial charge in [0.05, 0.1) is 6.10 Å². The largest absolute Gasteiger partial charge is 0.381 e. The molecule has 48 valence electrons. The van der Waals surface area contributed by atoms with Crippen LogP contribution in [-0.4, -0.2) is 13.2 Å². The van der Waals surface area contributed by atoms with Crippen molar-refractivity contribution >= 4 is 0 Å². The van der Waals surface area contributed by atoms with E-state index in [4.69, 9.17) is 4.74 Å². The highest BCUT2D eigenvalue weighted by Gasteiger charge is 2.21. The van der Waals surface area contributed by atoms with Crippen molar-refractivity contribution in [2.45, 2.75) is 32.3 Å². The highest BCUT2D eigenvalue weighted by molar-refractivity contribution is 4.73. The SMILES string of the molecule is CO[C@@H]1CCC[C@@H]1C. The van der Waals surface area contributed by atoms with Gasteiger partial charge in [-0.1, -0.05) is 13.3 Å². The Morgan fingerprint density at radius 3 is 2.38 bits per heavy atom. The van der Waals surface area contributed by atoms with Crippen molar-refractivity contribution in [1.29, 1.82) is 0 Å². The number of hydrogen-bond acceptors (Lipinski definition) is 1. The number of methoxy groups -OCH3 is 1. The lowest BCUT2D eigenvalue weighted by Gasteiger charge is -2.11. The monoisotopic (exact) mass is 114 g/mol. The molecule has 0 amide bonds. The van der Waals surface area contributed by atoms with E-state index in [9.17, 15) is 0 Å². The third-order valence-corrected chi connectivity index (χ3v) is 2.09. The standard InChI is InChI=1S/C7H14O/c1-6-4-3-5-7(6)8-2/h6-7H,3-5H2,1-2H3/t6-,7+/m0/s1. The molecule has 1 heteroatoms. The van der Waals surface area contributed by atoms with E-state index >= 15 is 0 Å². The maximum absolute atomic E-state index is 5.22. The van der Waals surface area contributed by atoms with E-state index in [1.54, 1.807) is 0 Å². The Bertz CT molecular complexity index is 70.8. The second kappa shape index (κ2) is 2.49. The van der Waals surface area contributed by atoms with E-state index < -0.39 is 0 Å². The van der Waals surface area contributed by atoms with Crippen LogP contribution in [-0.2, 0) is 4.74 Å². The average molecular weight is 114 g/mol. The van der Waals surface area contributed by atoms with Gasteiger partial charge in [0.15, 0.2) is 0 Å². The Balaban J connectivity index is 2.30. The average Bonchev–Trinajstić information content (AvgIpc) is 2.14. The van der Waals surface area contributed by atoms with E-state index in [0.29, 0.717) is 6.10 Å². The second-order valence-corrected chi connectivity index (χ2v) is 2.68. The minimum Gasteiger partial charge on any atom is -0.381 e. The molecule has 0 heterocycles. The molecule has 0 saturated heterocycles. The fourth-order valence-corrected chi connectivity index (χ4v) is 1.46. The van der Waals surface area contributed by atoms with Gasteiger partial charge in [-0.2, -0.15) is 0 Å². The van der Waals surface area contributed by atoms with Crippen LogP contribution in [0.25, 0.3) is 0 Å². The Morgan fingerprint density at radius 1 is 1.38 bits per heavy atom. The molecule has 0 bridgehead atoms. The molecule has 1 aliphatic rings. The molecule has 1 fully saturated rings. The zero-order chi connectivity index (χ0) is 5.98. The van der Waals surface area contributed by atoms with Crippen LogP contribution in [0.15, 0.2) is 0 Å². The first-order valence-corrected chi connectivity index (χ1v) is 3.37. The summed E-state index contributed by atoms with van der Waals surface area (Å²) in [6, 6.07) is 0. The van der Waals surface area contributed by atoms with Gasteiger partial charge >= 0.3 is 0 Å². The molecule has 0 unspecified atom stereocenters. The van der Waals surface area contributed by atoms with Crippen LogP contribution >= 0.6 is 0 Å². The van der Waals surface area contributed by atoms with Crippen LogP contribution in [0.5, 0.6) is 0 Å². The molecule has 0 N–H and O–H groups in total. The van der Waals surface area contributed by atoms with Gasteiger partial charge in [-0.3, -0.25) is 0 Å². The molecule has 1 rings (SSSR count). The lowest BCUT2D eigenvalue weighted by molar-refractivity contribution is 0.0775. The van der Waals surface area contributed by atoms with Crippen LogP contribution in [0.2, 0.25) is 0 Å². The highest BCUT2D eigenvalue weighted by Crippen LogP contribution is 2.26. The van der Waals surface area contributed by atoms with Gasteiger partial charge in [0.2, 0.25) is 0 Å². The number of rotatable bonds is 1. The first kappa shape index (κ1) is 6.09. The Morgan fingerprint density at radius 2 is 2.12 bits per heavy atom. The molecule has 0 aromatic heterocycles. The summed E-state index contributed by atoms with van der Waals surface area (Å²) >= 11 is 0. The zero-order valence-corrected chi connectivity index (χ0v) is 5.68. The van der Waals surface area contributed by atoms with Crippen LogP contribution in [0, 0.1) is 5.92 Å². The van der Waals surface area contributed by atoms with Crippen molar-refractivity contribution in [3.05, 3.63) is 0 Å². The smallest absolute Gasteiger partial charge is 0.0596 e. The van der Waals surface area contributed by atoms with E-state index in [1.165, 1.54) is 19.3 Å². The number of ether oxygens (including phenoxy) is 1. The molecular weight excluding hydrogens is 100 g/mol. The maximum atomic E-state index is 5.22. The van der Waals surface area contributed by atoms with Crippen molar-refractivity contribution < 1.29 is 4.74 Å². The van der Waals surface area contributed by atoms with E-state index in [-0.39, 0.29) is 0 Å². The summed E-state index contributed by atoms with van der Waals surface area (Å²) in [5.74, 6) is 0.806. The second-order valence-electron chi connectivity index (χ2n) is 2.68. The van der Waals surface area contributed by atoms with Gasteiger partial charge in [-0.15, -0.1) is 0 Å². The molecule has 1 nitrogen and oxygen atoms in total. The predicted octanol–water partition coefficient (Wildman–Crippen LogP) is 1.82. The van der Waals surface area contributed by atoms with E-state index in [0.717, 1.165) is 5.92 Å². The molecule has 1 saturated carbocycles. The third kappa shape index (κ3) is 1.03. The molecule has 1 aliphatic carbocycles. The quantitative estimate of drug-likeness (QED) is 0.505. The van der Waals surface area contributed by atoms with E-state index in [1.807, 2.05) is 7.11 Å². The van der Waals surface area contributed by atoms with Crippen LogP contribution in [0.3, 0.4) is 0 Å². The summed E-state index contributed by atoms with van der Waals surface area (Å²) in [6.07, 6.45) is 4.56. The zero-order valence-electron chi connectivity index (χ0n) is 5.68. The van der Waals surface area contributed by atoms with Crippen molar-refractivity contribution in [2.75, 3.05) is 7.11 Å². The molecule has 0 aromatic carbocycles. The lowest BCUT2D eigenvalue weighted by atomic mass is 10.1. The summed E-state index contributed by atoms with van der Waals surface area (Å²) in [5.41, 5.74) is 0. The summed E-state index contributed by atoms with van der Waals surface area (Å²) in [6.45, 7) is 2.27. The molecule has 0 spiro atoms. The first-order chi connectivity index (χ1) is 3.84.